The van der Waals surface area contributed by atoms with Gasteiger partial charge in [-0.1, -0.05) is 0 Å². The second-order valence-electron chi connectivity index (χ2n) is 2.27. The van der Waals surface area contributed by atoms with E-state index in [1.54, 1.807) is 0 Å². The Morgan fingerprint density at radius 3 is 1.93 bits per heavy atom. The normalized spacial score (nSPS) is 11.9. The van der Waals surface area contributed by atoms with Crippen LogP contribution in [0.25, 0.3) is 0 Å². The number of hydrogen-bond donors (Lipinski definition) is 3. The molecule has 0 aromatic rings. The monoisotopic (exact) mass is 230 g/mol. The standard InChI is InChI=1S/C6H15O7P/c7-1-2-11-3-4-12-5-6-13-14(8,9)10/h7H,1-6H2,(H2,8,9,10). The molecular formula is C6H15O7P. The zero-order valence-electron chi connectivity index (χ0n) is 7.66. The first kappa shape index (κ1) is 14.0. The molecule has 0 aliphatic rings. The van der Waals surface area contributed by atoms with Crippen LogP contribution < -0.4 is 0 Å². The van der Waals surface area contributed by atoms with Gasteiger partial charge in [0.25, 0.3) is 0 Å². The van der Waals surface area contributed by atoms with Gasteiger partial charge >= 0.3 is 7.82 Å². The van der Waals surface area contributed by atoms with E-state index in [2.05, 4.69) is 4.52 Å². The van der Waals surface area contributed by atoms with Gasteiger partial charge in [0.1, 0.15) is 0 Å². The van der Waals surface area contributed by atoms with Crippen LogP contribution in [0.5, 0.6) is 0 Å². The molecule has 86 valence electrons. The van der Waals surface area contributed by atoms with E-state index in [1.807, 2.05) is 0 Å². The average molecular weight is 230 g/mol. The number of ether oxygens (including phenoxy) is 2. The zero-order chi connectivity index (χ0) is 10.9. The fraction of sp³-hybridized carbons (Fsp3) is 1.00. The SMILES string of the molecule is O=P(O)(O)OCCOCCOCCO. The number of rotatable bonds is 9. The summed E-state index contributed by atoms with van der Waals surface area (Å²) in [5, 5.41) is 8.32. The molecule has 7 nitrogen and oxygen atoms in total. The summed E-state index contributed by atoms with van der Waals surface area (Å²) >= 11 is 0. The highest BCUT2D eigenvalue weighted by atomic mass is 31.2. The van der Waals surface area contributed by atoms with Crippen LogP contribution in [-0.4, -0.2) is 54.5 Å². The van der Waals surface area contributed by atoms with E-state index in [1.165, 1.54) is 0 Å². The first-order chi connectivity index (χ1) is 6.56. The molecule has 0 radical (unpaired) electrons. The van der Waals surface area contributed by atoms with Crippen molar-refractivity contribution in [3.63, 3.8) is 0 Å². The van der Waals surface area contributed by atoms with Crippen LogP contribution in [-0.2, 0) is 18.6 Å². The highest BCUT2D eigenvalue weighted by Crippen LogP contribution is 2.35. The Hall–Kier alpha value is -0.0100. The predicted octanol–water partition coefficient (Wildman–Crippen LogP) is -0.879. The van der Waals surface area contributed by atoms with E-state index in [-0.39, 0.29) is 26.4 Å². The average Bonchev–Trinajstić information content (AvgIpc) is 2.08. The lowest BCUT2D eigenvalue weighted by atomic mass is 10.7. The van der Waals surface area contributed by atoms with Crippen molar-refractivity contribution >= 4 is 7.82 Å². The van der Waals surface area contributed by atoms with Gasteiger partial charge in [-0.2, -0.15) is 0 Å². The van der Waals surface area contributed by atoms with Crippen molar-refractivity contribution in [2.24, 2.45) is 0 Å². The van der Waals surface area contributed by atoms with Crippen LogP contribution in [0.1, 0.15) is 0 Å². The van der Waals surface area contributed by atoms with Crippen LogP contribution >= 0.6 is 7.82 Å². The molecule has 0 atom stereocenters. The van der Waals surface area contributed by atoms with Crippen LogP contribution in [0.15, 0.2) is 0 Å². The summed E-state index contributed by atoms with van der Waals surface area (Å²) in [7, 11) is -4.38. The van der Waals surface area contributed by atoms with E-state index < -0.39 is 7.82 Å². The summed E-state index contributed by atoms with van der Waals surface area (Å²) in [5.41, 5.74) is 0. The Bertz CT molecular complexity index is 168. The lowest BCUT2D eigenvalue weighted by Gasteiger charge is -2.06. The Morgan fingerprint density at radius 1 is 0.929 bits per heavy atom. The van der Waals surface area contributed by atoms with Crippen molar-refractivity contribution in [3.8, 4) is 0 Å². The Balaban J connectivity index is 3.03. The van der Waals surface area contributed by atoms with Crippen LogP contribution in [0, 0.1) is 0 Å². The van der Waals surface area contributed by atoms with E-state index in [9.17, 15) is 4.57 Å². The summed E-state index contributed by atoms with van der Waals surface area (Å²) in [4.78, 5) is 16.5. The maximum absolute atomic E-state index is 10.2. The third-order valence-electron chi connectivity index (χ3n) is 1.09. The van der Waals surface area contributed by atoms with Gasteiger partial charge in [-0.25, -0.2) is 4.57 Å². The van der Waals surface area contributed by atoms with Gasteiger partial charge in [0, 0.05) is 0 Å². The van der Waals surface area contributed by atoms with Gasteiger partial charge in [-0.15, -0.1) is 0 Å². The molecule has 0 aromatic carbocycles. The largest absolute Gasteiger partial charge is 0.469 e. The molecule has 14 heavy (non-hydrogen) atoms. The molecule has 0 bridgehead atoms. The van der Waals surface area contributed by atoms with E-state index in [4.69, 9.17) is 24.4 Å². The Kier molecular flexibility index (Phi) is 8.30. The number of phosphoric ester groups is 1. The first-order valence-corrected chi connectivity index (χ1v) is 5.56. The fourth-order valence-corrected chi connectivity index (χ4v) is 0.914. The fourth-order valence-electron chi connectivity index (χ4n) is 0.602. The molecule has 0 fully saturated rings. The van der Waals surface area contributed by atoms with E-state index >= 15 is 0 Å². The van der Waals surface area contributed by atoms with Gasteiger partial charge in [0.15, 0.2) is 0 Å². The van der Waals surface area contributed by atoms with E-state index in [0.717, 1.165) is 0 Å². The highest BCUT2D eigenvalue weighted by Gasteiger charge is 2.12. The molecule has 0 aliphatic carbocycles. The van der Waals surface area contributed by atoms with Gasteiger partial charge in [-0.05, 0) is 0 Å². The van der Waals surface area contributed by atoms with Gasteiger partial charge in [0.2, 0.25) is 0 Å². The molecule has 3 N–H and O–H groups in total. The van der Waals surface area contributed by atoms with Crippen molar-refractivity contribution in [2.45, 2.75) is 0 Å². The number of phosphoric acid groups is 1. The molecule has 0 aromatic heterocycles. The van der Waals surface area contributed by atoms with Crippen molar-refractivity contribution in [1.29, 1.82) is 0 Å². The molecular weight excluding hydrogens is 215 g/mol. The molecule has 0 saturated carbocycles. The second-order valence-corrected chi connectivity index (χ2v) is 3.51. The van der Waals surface area contributed by atoms with Crippen molar-refractivity contribution < 1.29 is 33.5 Å². The van der Waals surface area contributed by atoms with Crippen molar-refractivity contribution in [2.75, 3.05) is 39.6 Å². The lowest BCUT2D eigenvalue weighted by molar-refractivity contribution is 0.0217. The third kappa shape index (κ3) is 12.0. The molecule has 0 heterocycles. The number of hydrogen-bond acceptors (Lipinski definition) is 5. The molecule has 8 heteroatoms. The summed E-state index contributed by atoms with van der Waals surface area (Å²) < 4.78 is 24.0. The highest BCUT2D eigenvalue weighted by molar-refractivity contribution is 7.46. The van der Waals surface area contributed by atoms with Crippen molar-refractivity contribution in [1.82, 2.24) is 0 Å². The molecule has 0 spiro atoms. The zero-order valence-corrected chi connectivity index (χ0v) is 8.56. The smallest absolute Gasteiger partial charge is 0.394 e. The van der Waals surface area contributed by atoms with Gasteiger partial charge in [-0.3, -0.25) is 4.52 Å². The summed E-state index contributed by atoms with van der Waals surface area (Å²) in [6.45, 7) is 0.766. The number of aliphatic hydroxyl groups excluding tert-OH is 1. The molecule has 0 unspecified atom stereocenters. The summed E-state index contributed by atoms with van der Waals surface area (Å²) in [6.07, 6.45) is 0. The van der Waals surface area contributed by atoms with Crippen molar-refractivity contribution in [3.05, 3.63) is 0 Å². The third-order valence-corrected chi connectivity index (χ3v) is 1.61. The number of aliphatic hydroxyl groups is 1. The minimum absolute atomic E-state index is 0.0404. The molecule has 0 rings (SSSR count). The predicted molar refractivity (Wildman–Crippen MR) is 46.7 cm³/mol. The quantitative estimate of drug-likeness (QED) is 0.349. The summed E-state index contributed by atoms with van der Waals surface area (Å²) in [6, 6.07) is 0. The summed E-state index contributed by atoms with van der Waals surface area (Å²) in [5.74, 6) is 0. The van der Waals surface area contributed by atoms with Crippen LogP contribution in [0.2, 0.25) is 0 Å². The van der Waals surface area contributed by atoms with Crippen LogP contribution in [0.4, 0.5) is 0 Å². The maximum Gasteiger partial charge on any atom is 0.469 e. The van der Waals surface area contributed by atoms with Gasteiger partial charge in [0.05, 0.1) is 39.6 Å². The minimum atomic E-state index is -4.38. The topological polar surface area (TPSA) is 105 Å². The molecule has 0 amide bonds. The second kappa shape index (κ2) is 8.31. The molecule has 0 aliphatic heterocycles. The lowest BCUT2D eigenvalue weighted by Crippen LogP contribution is -2.10. The first-order valence-electron chi connectivity index (χ1n) is 4.02. The Morgan fingerprint density at radius 2 is 1.43 bits per heavy atom. The molecule has 0 saturated heterocycles. The van der Waals surface area contributed by atoms with E-state index in [0.29, 0.717) is 13.2 Å². The maximum atomic E-state index is 10.2. The van der Waals surface area contributed by atoms with Crippen LogP contribution in [0.3, 0.4) is 0 Å². The Labute approximate surface area is 81.8 Å². The van der Waals surface area contributed by atoms with Gasteiger partial charge < -0.3 is 24.4 Å². The minimum Gasteiger partial charge on any atom is -0.394 e.